The molecule has 0 atom stereocenters. The number of anilines is 2. The summed E-state index contributed by atoms with van der Waals surface area (Å²) in [5.74, 6) is 0.535. The van der Waals surface area contributed by atoms with Gasteiger partial charge in [-0.3, -0.25) is 0 Å². The van der Waals surface area contributed by atoms with Crippen LogP contribution in [0.2, 0.25) is 10.2 Å². The van der Waals surface area contributed by atoms with Gasteiger partial charge in [0.15, 0.2) is 11.0 Å². The van der Waals surface area contributed by atoms with Crippen LogP contribution in [0, 0.1) is 6.92 Å². The molecule has 0 saturated carbocycles. The van der Waals surface area contributed by atoms with Crippen LogP contribution in [-0.2, 0) is 0 Å². The van der Waals surface area contributed by atoms with Crippen LogP contribution in [0.15, 0.2) is 18.2 Å². The fourth-order valence-electron chi connectivity index (χ4n) is 1.10. The molecular weight excluding hydrogens is 253 g/mol. The van der Waals surface area contributed by atoms with Gasteiger partial charge in [-0.1, -0.05) is 29.3 Å². The van der Waals surface area contributed by atoms with Gasteiger partial charge in [0.05, 0.1) is 22.4 Å². The first kappa shape index (κ1) is 10.7. The molecule has 78 valence electrons. The zero-order chi connectivity index (χ0) is 10.8. The molecule has 1 aromatic carbocycles. The van der Waals surface area contributed by atoms with Crippen LogP contribution < -0.4 is 5.32 Å². The summed E-state index contributed by atoms with van der Waals surface area (Å²) >= 11 is 12.9. The molecule has 1 aromatic heterocycles. The van der Waals surface area contributed by atoms with E-state index in [1.165, 1.54) is 0 Å². The number of halogens is 2. The highest BCUT2D eigenvalue weighted by Gasteiger charge is 2.07. The van der Waals surface area contributed by atoms with Crippen molar-refractivity contribution in [1.82, 2.24) is 8.75 Å². The number of hydrogen-bond donors (Lipinski definition) is 1. The van der Waals surface area contributed by atoms with Crippen LogP contribution in [0.4, 0.5) is 11.5 Å². The Morgan fingerprint density at radius 2 is 2.07 bits per heavy atom. The summed E-state index contributed by atoms with van der Waals surface area (Å²) in [6, 6.07) is 5.72. The average molecular weight is 260 g/mol. The Labute approximate surface area is 101 Å². The topological polar surface area (TPSA) is 37.8 Å². The molecule has 2 aromatic rings. The molecule has 0 amide bonds. The summed E-state index contributed by atoms with van der Waals surface area (Å²) in [4.78, 5) is 0. The van der Waals surface area contributed by atoms with Gasteiger partial charge in [-0.05, 0) is 24.6 Å². The van der Waals surface area contributed by atoms with Crippen molar-refractivity contribution in [2.24, 2.45) is 0 Å². The van der Waals surface area contributed by atoms with Crippen LogP contribution in [0.3, 0.4) is 0 Å². The van der Waals surface area contributed by atoms with Gasteiger partial charge in [0, 0.05) is 0 Å². The molecule has 6 heteroatoms. The highest BCUT2D eigenvalue weighted by Crippen LogP contribution is 2.28. The van der Waals surface area contributed by atoms with Crippen LogP contribution in [0.5, 0.6) is 0 Å². The summed E-state index contributed by atoms with van der Waals surface area (Å²) in [6.45, 7) is 1.98. The largest absolute Gasteiger partial charge is 0.336 e. The second-order valence-corrected chi connectivity index (χ2v) is 4.31. The van der Waals surface area contributed by atoms with Gasteiger partial charge in [0.25, 0.3) is 0 Å². The monoisotopic (exact) mass is 259 g/mol. The van der Waals surface area contributed by atoms with E-state index in [0.717, 1.165) is 23.0 Å². The first-order chi connectivity index (χ1) is 7.16. The number of aryl methyl sites for hydroxylation is 1. The van der Waals surface area contributed by atoms with E-state index in [1.54, 1.807) is 0 Å². The number of hydrogen-bond acceptors (Lipinski definition) is 4. The van der Waals surface area contributed by atoms with E-state index < -0.39 is 0 Å². The van der Waals surface area contributed by atoms with Gasteiger partial charge < -0.3 is 5.32 Å². The average Bonchev–Trinajstić information content (AvgIpc) is 2.57. The Morgan fingerprint density at radius 1 is 1.27 bits per heavy atom. The van der Waals surface area contributed by atoms with E-state index in [-0.39, 0.29) is 0 Å². The molecule has 0 unspecified atom stereocenters. The minimum absolute atomic E-state index is 0.358. The quantitative estimate of drug-likeness (QED) is 0.889. The van der Waals surface area contributed by atoms with Gasteiger partial charge in [0.1, 0.15) is 0 Å². The maximum Gasteiger partial charge on any atom is 0.187 e. The summed E-state index contributed by atoms with van der Waals surface area (Å²) in [5.41, 5.74) is 1.88. The fraction of sp³-hybridized carbons (Fsp3) is 0.111. The Hall–Kier alpha value is -0.840. The van der Waals surface area contributed by atoms with Crippen molar-refractivity contribution in [2.45, 2.75) is 6.92 Å². The Balaban J connectivity index is 2.29. The SMILES string of the molecule is Cc1ccc(Nc2nsnc2Cl)c(Cl)c1. The molecule has 0 radical (unpaired) electrons. The second-order valence-electron chi connectivity index (χ2n) is 3.01. The number of rotatable bonds is 2. The Bertz CT molecular complexity index is 484. The third kappa shape index (κ3) is 2.40. The van der Waals surface area contributed by atoms with Crippen LogP contribution in [0.25, 0.3) is 0 Å². The lowest BCUT2D eigenvalue weighted by atomic mass is 10.2. The van der Waals surface area contributed by atoms with Crippen molar-refractivity contribution in [3.63, 3.8) is 0 Å². The summed E-state index contributed by atoms with van der Waals surface area (Å²) in [7, 11) is 0. The molecule has 0 aliphatic heterocycles. The highest BCUT2D eigenvalue weighted by molar-refractivity contribution is 6.99. The van der Waals surface area contributed by atoms with Crippen LogP contribution in [-0.4, -0.2) is 8.75 Å². The van der Waals surface area contributed by atoms with Gasteiger partial charge in [-0.25, -0.2) is 0 Å². The van der Waals surface area contributed by atoms with Crippen LogP contribution >= 0.6 is 34.9 Å². The van der Waals surface area contributed by atoms with Gasteiger partial charge in [-0.15, -0.1) is 0 Å². The summed E-state index contributed by atoms with van der Waals surface area (Å²) in [5, 5.41) is 4.02. The smallest absolute Gasteiger partial charge is 0.187 e. The standard InChI is InChI=1S/C9H7Cl2N3S/c1-5-2-3-7(6(10)4-5)12-9-8(11)13-15-14-9/h2-4H,1H3,(H,12,14). The minimum Gasteiger partial charge on any atom is -0.336 e. The Kier molecular flexibility index (Phi) is 3.09. The van der Waals surface area contributed by atoms with Crippen molar-refractivity contribution < 1.29 is 0 Å². The molecule has 0 aliphatic carbocycles. The van der Waals surface area contributed by atoms with Crippen molar-refractivity contribution in [1.29, 1.82) is 0 Å². The van der Waals surface area contributed by atoms with Crippen molar-refractivity contribution in [2.75, 3.05) is 5.32 Å². The molecule has 0 aliphatic rings. The van der Waals surface area contributed by atoms with E-state index in [9.17, 15) is 0 Å². The number of nitrogens with one attached hydrogen (secondary N) is 1. The van der Waals surface area contributed by atoms with E-state index >= 15 is 0 Å². The van der Waals surface area contributed by atoms with Crippen molar-refractivity contribution in [3.8, 4) is 0 Å². The maximum absolute atomic E-state index is 6.05. The molecular formula is C9H7Cl2N3S. The third-order valence-electron chi connectivity index (χ3n) is 1.83. The van der Waals surface area contributed by atoms with Gasteiger partial charge in [-0.2, -0.15) is 8.75 Å². The predicted octanol–water partition coefficient (Wildman–Crippen LogP) is 3.90. The van der Waals surface area contributed by atoms with E-state index in [2.05, 4.69) is 14.1 Å². The van der Waals surface area contributed by atoms with E-state index in [1.807, 2.05) is 25.1 Å². The summed E-state index contributed by atoms with van der Waals surface area (Å²) in [6.07, 6.45) is 0. The first-order valence-electron chi connectivity index (χ1n) is 4.18. The highest BCUT2D eigenvalue weighted by atomic mass is 35.5. The lowest BCUT2D eigenvalue weighted by Gasteiger charge is -2.05. The Morgan fingerprint density at radius 3 is 2.67 bits per heavy atom. The molecule has 15 heavy (non-hydrogen) atoms. The van der Waals surface area contributed by atoms with Crippen LogP contribution in [0.1, 0.15) is 5.56 Å². The molecule has 1 heterocycles. The van der Waals surface area contributed by atoms with E-state index in [4.69, 9.17) is 23.2 Å². The molecule has 3 nitrogen and oxygen atoms in total. The zero-order valence-corrected chi connectivity index (χ0v) is 10.1. The molecule has 1 N–H and O–H groups in total. The molecule has 0 fully saturated rings. The minimum atomic E-state index is 0.358. The normalized spacial score (nSPS) is 10.3. The lowest BCUT2D eigenvalue weighted by molar-refractivity contribution is 1.42. The fourth-order valence-corrected chi connectivity index (χ4v) is 2.03. The molecule has 2 rings (SSSR count). The first-order valence-corrected chi connectivity index (χ1v) is 5.66. The number of benzene rings is 1. The van der Waals surface area contributed by atoms with Crippen molar-refractivity contribution >= 4 is 46.4 Å². The second kappa shape index (κ2) is 4.35. The number of aromatic nitrogens is 2. The zero-order valence-electron chi connectivity index (χ0n) is 7.79. The predicted molar refractivity (Wildman–Crippen MR) is 64.4 cm³/mol. The van der Waals surface area contributed by atoms with Gasteiger partial charge in [0.2, 0.25) is 0 Å². The molecule has 0 spiro atoms. The molecule has 0 bridgehead atoms. The third-order valence-corrected chi connectivity index (χ3v) is 3.03. The maximum atomic E-state index is 6.05. The van der Waals surface area contributed by atoms with Gasteiger partial charge >= 0.3 is 0 Å². The van der Waals surface area contributed by atoms with E-state index in [0.29, 0.717) is 16.0 Å². The lowest BCUT2D eigenvalue weighted by Crippen LogP contribution is -1.92. The summed E-state index contributed by atoms with van der Waals surface area (Å²) < 4.78 is 7.85. The number of nitrogens with zero attached hydrogens (tertiary/aromatic N) is 2. The van der Waals surface area contributed by atoms with Crippen molar-refractivity contribution in [3.05, 3.63) is 33.9 Å². The molecule has 0 saturated heterocycles.